The van der Waals surface area contributed by atoms with E-state index in [-0.39, 0.29) is 34.7 Å². The maximum atomic E-state index is 14.4. The fourth-order valence-electron chi connectivity index (χ4n) is 5.69. The van der Waals surface area contributed by atoms with Crippen molar-refractivity contribution in [2.24, 2.45) is 11.7 Å². The first-order chi connectivity index (χ1) is 19.6. The number of fused-ring (bicyclic) bond motifs is 2. The largest absolute Gasteiger partial charge is 0.365 e. The Morgan fingerprint density at radius 3 is 2.54 bits per heavy atom. The molecule has 214 valence electrons. The van der Waals surface area contributed by atoms with Gasteiger partial charge in [-0.1, -0.05) is 61.5 Å². The first-order valence-electron chi connectivity index (χ1n) is 13.6. The lowest BCUT2D eigenvalue weighted by Gasteiger charge is -2.38. The number of rotatable bonds is 8. The fraction of sp³-hybridized carbons (Fsp3) is 0.367. The molecule has 5 rings (SSSR count). The zero-order chi connectivity index (χ0) is 29.3. The highest BCUT2D eigenvalue weighted by Crippen LogP contribution is 2.37. The van der Waals surface area contributed by atoms with Crippen molar-refractivity contribution >= 4 is 35.0 Å². The highest BCUT2D eigenvalue weighted by molar-refractivity contribution is 7.15. The molecule has 0 aliphatic carbocycles. The van der Waals surface area contributed by atoms with Gasteiger partial charge in [0.05, 0.1) is 11.6 Å². The molecule has 1 fully saturated rings. The van der Waals surface area contributed by atoms with Gasteiger partial charge in [-0.2, -0.15) is 0 Å². The molecule has 3 N–H and O–H groups in total. The van der Waals surface area contributed by atoms with E-state index in [2.05, 4.69) is 15.3 Å². The van der Waals surface area contributed by atoms with Crippen LogP contribution in [0.2, 0.25) is 0 Å². The van der Waals surface area contributed by atoms with Crippen molar-refractivity contribution in [3.63, 3.8) is 0 Å². The maximum absolute atomic E-state index is 14.4. The Bertz CT molecular complexity index is 1490. The van der Waals surface area contributed by atoms with Gasteiger partial charge in [0.2, 0.25) is 5.91 Å². The molecule has 0 spiro atoms. The van der Waals surface area contributed by atoms with Gasteiger partial charge in [-0.25, -0.2) is 9.99 Å². The van der Waals surface area contributed by atoms with E-state index >= 15 is 0 Å². The summed E-state index contributed by atoms with van der Waals surface area (Å²) in [4.78, 5) is 58.9. The predicted molar refractivity (Wildman–Crippen MR) is 155 cm³/mol. The summed E-state index contributed by atoms with van der Waals surface area (Å²) in [7, 11) is 1.58. The third-order valence-corrected chi connectivity index (χ3v) is 8.91. The number of hydrogen-bond donors (Lipinski definition) is 2. The van der Waals surface area contributed by atoms with Crippen LogP contribution in [-0.2, 0) is 28.1 Å². The number of hydrazine groups is 1. The first-order valence-corrected chi connectivity index (χ1v) is 14.5. The van der Waals surface area contributed by atoms with Gasteiger partial charge in [-0.05, 0) is 30.0 Å². The van der Waals surface area contributed by atoms with Gasteiger partial charge in [0.1, 0.15) is 4.88 Å². The Kier molecular flexibility index (Phi) is 7.92. The Hall–Kier alpha value is -4.09. The predicted octanol–water partition coefficient (Wildman–Crippen LogP) is 2.48. The minimum atomic E-state index is -1.33. The van der Waals surface area contributed by atoms with Crippen LogP contribution in [0.4, 0.5) is 0 Å². The molecule has 41 heavy (non-hydrogen) atoms. The summed E-state index contributed by atoms with van der Waals surface area (Å²) in [5.41, 5.74) is 7.16. The zero-order valence-electron chi connectivity index (χ0n) is 23.4. The first kappa shape index (κ1) is 28.4. The average molecular weight is 575 g/mol. The van der Waals surface area contributed by atoms with E-state index in [0.717, 1.165) is 41.0 Å². The number of nitrogens with two attached hydrogens (primary N) is 1. The number of carbonyl (C=O) groups excluding carboxylic acids is 4. The summed E-state index contributed by atoms with van der Waals surface area (Å²) in [6.45, 7) is 5.38. The second kappa shape index (κ2) is 11.4. The van der Waals surface area contributed by atoms with Gasteiger partial charge >= 0.3 is 0 Å². The molecule has 3 aromatic rings. The molecule has 0 unspecified atom stereocenters. The Morgan fingerprint density at radius 1 is 1.12 bits per heavy atom. The summed E-state index contributed by atoms with van der Waals surface area (Å²) >= 11 is 0.940. The Balaban J connectivity index is 1.45. The number of benzene rings is 2. The minimum absolute atomic E-state index is 0.0856. The zero-order valence-corrected chi connectivity index (χ0v) is 24.2. The van der Waals surface area contributed by atoms with Crippen molar-refractivity contribution in [1.82, 2.24) is 25.2 Å². The van der Waals surface area contributed by atoms with Crippen LogP contribution < -0.4 is 11.1 Å². The van der Waals surface area contributed by atoms with E-state index < -0.39 is 23.3 Å². The average Bonchev–Trinajstić information content (AvgIpc) is 3.57. The Morgan fingerprint density at radius 2 is 1.83 bits per heavy atom. The second-order valence-electron chi connectivity index (χ2n) is 10.8. The smallest absolute Gasteiger partial charge is 0.282 e. The van der Waals surface area contributed by atoms with Crippen molar-refractivity contribution in [3.05, 3.63) is 86.9 Å². The summed E-state index contributed by atoms with van der Waals surface area (Å²) < 4.78 is 0. The van der Waals surface area contributed by atoms with Crippen molar-refractivity contribution in [3.8, 4) is 0 Å². The van der Waals surface area contributed by atoms with E-state index in [0.29, 0.717) is 18.8 Å². The van der Waals surface area contributed by atoms with Gasteiger partial charge in [0.15, 0.2) is 10.5 Å². The van der Waals surface area contributed by atoms with E-state index in [1.807, 2.05) is 54.6 Å². The standard InChI is InChI=1S/C30H34N6O4S/c1-19(17-34(3)28(39)27-32-20(2)24(41-27)25(31)37)26(38)33-30(16-21-10-5-4-6-11-21)23-13-8-7-12-22(23)18-35-14-9-15-36(35)29(30)40/h4-8,10-13,19H,9,14-18H2,1-3H3,(H2,31,37)(H,33,38)/t19-,30-/m1/s1. The molecule has 3 heterocycles. The Labute approximate surface area is 243 Å². The lowest BCUT2D eigenvalue weighted by molar-refractivity contribution is -0.154. The topological polar surface area (TPSA) is 129 Å². The molecule has 0 radical (unpaired) electrons. The van der Waals surface area contributed by atoms with E-state index in [9.17, 15) is 19.2 Å². The van der Waals surface area contributed by atoms with Crippen LogP contribution >= 0.6 is 11.3 Å². The monoisotopic (exact) mass is 574 g/mol. The molecule has 2 aliphatic rings. The van der Waals surface area contributed by atoms with Gasteiger partial charge in [-0.15, -0.1) is 11.3 Å². The molecule has 0 saturated carbocycles. The molecule has 1 saturated heterocycles. The van der Waals surface area contributed by atoms with Gasteiger partial charge < -0.3 is 16.0 Å². The highest BCUT2D eigenvalue weighted by Gasteiger charge is 2.50. The number of aryl methyl sites for hydroxylation is 1. The number of amides is 4. The molecule has 2 atom stereocenters. The normalized spacial score (nSPS) is 19.2. The molecule has 4 amide bonds. The van der Waals surface area contributed by atoms with E-state index in [1.54, 1.807) is 25.9 Å². The number of hydrogen-bond acceptors (Lipinski definition) is 7. The molecule has 0 bridgehead atoms. The van der Waals surface area contributed by atoms with Crippen LogP contribution in [0, 0.1) is 12.8 Å². The second-order valence-corrected chi connectivity index (χ2v) is 11.8. The fourth-order valence-corrected chi connectivity index (χ4v) is 6.61. The van der Waals surface area contributed by atoms with E-state index in [1.165, 1.54) is 4.90 Å². The summed E-state index contributed by atoms with van der Waals surface area (Å²) in [5, 5.41) is 7.16. The van der Waals surface area contributed by atoms with Crippen molar-refractivity contribution in [1.29, 1.82) is 0 Å². The molecule has 10 nitrogen and oxygen atoms in total. The highest BCUT2D eigenvalue weighted by atomic mass is 32.1. The van der Waals surface area contributed by atoms with Crippen LogP contribution in [0.3, 0.4) is 0 Å². The molecule has 11 heteroatoms. The molecular formula is C30H34N6O4S. The number of nitrogens with one attached hydrogen (secondary N) is 1. The number of thiazole rings is 1. The number of primary amides is 1. The SMILES string of the molecule is Cc1nc(C(=O)N(C)C[C@@H](C)C(=O)N[C@@]2(Cc3ccccc3)C(=O)N3CCCN3Cc3ccccc32)sc1C(N)=O. The quantitative estimate of drug-likeness (QED) is 0.425. The lowest BCUT2D eigenvalue weighted by Crippen LogP contribution is -2.60. The van der Waals surface area contributed by atoms with Gasteiger partial charge in [0.25, 0.3) is 17.7 Å². The minimum Gasteiger partial charge on any atom is -0.365 e. The summed E-state index contributed by atoms with van der Waals surface area (Å²) in [6, 6.07) is 17.5. The lowest BCUT2D eigenvalue weighted by atomic mass is 9.80. The molecule has 2 aromatic carbocycles. The number of nitrogens with zero attached hydrogens (tertiary/aromatic N) is 4. The van der Waals surface area contributed by atoms with Crippen LogP contribution in [-0.4, -0.2) is 70.2 Å². The van der Waals surface area contributed by atoms with Gasteiger partial charge in [0, 0.05) is 39.6 Å². The third kappa shape index (κ3) is 5.47. The third-order valence-electron chi connectivity index (χ3n) is 7.75. The molecule has 2 aliphatic heterocycles. The van der Waals surface area contributed by atoms with Crippen molar-refractivity contribution in [2.45, 2.75) is 38.8 Å². The maximum Gasteiger partial charge on any atom is 0.282 e. The van der Waals surface area contributed by atoms with Crippen molar-refractivity contribution < 1.29 is 19.2 Å². The molecular weight excluding hydrogens is 540 g/mol. The number of carbonyl (C=O) groups is 4. The van der Waals surface area contributed by atoms with Crippen LogP contribution in [0.25, 0.3) is 0 Å². The van der Waals surface area contributed by atoms with Crippen molar-refractivity contribution in [2.75, 3.05) is 26.7 Å². The van der Waals surface area contributed by atoms with Crippen LogP contribution in [0.15, 0.2) is 54.6 Å². The van der Waals surface area contributed by atoms with Gasteiger partial charge in [-0.3, -0.25) is 24.2 Å². The number of aromatic nitrogens is 1. The summed E-state index contributed by atoms with van der Waals surface area (Å²) in [5.74, 6) is -2.20. The van der Waals surface area contributed by atoms with Crippen LogP contribution in [0.5, 0.6) is 0 Å². The van der Waals surface area contributed by atoms with E-state index in [4.69, 9.17) is 5.73 Å². The van der Waals surface area contributed by atoms with Crippen LogP contribution in [0.1, 0.15) is 55.2 Å². The summed E-state index contributed by atoms with van der Waals surface area (Å²) in [6.07, 6.45) is 1.15. The molecule has 1 aromatic heterocycles.